The van der Waals surface area contributed by atoms with Gasteiger partial charge in [-0.15, -0.1) is 0 Å². The van der Waals surface area contributed by atoms with Crippen LogP contribution in [0.5, 0.6) is 0 Å². The van der Waals surface area contributed by atoms with Gasteiger partial charge in [-0.25, -0.2) is 4.98 Å². The van der Waals surface area contributed by atoms with Crippen molar-refractivity contribution >= 4 is 34.7 Å². The monoisotopic (exact) mass is 325 g/mol. The van der Waals surface area contributed by atoms with E-state index in [0.717, 1.165) is 30.0 Å². The lowest BCUT2D eigenvalue weighted by atomic mass is 9.95. The molecule has 0 atom stereocenters. The number of fused-ring (bicyclic) bond motifs is 1. The number of hydrogen-bond acceptors (Lipinski definition) is 2. The first-order valence-electron chi connectivity index (χ1n) is 7.81. The SMILES string of the molecule is CCCc1nc2c(Cl)cc(Cl)cn2c1NC1CCCCC1. The summed E-state index contributed by atoms with van der Waals surface area (Å²) in [4.78, 5) is 4.72. The average molecular weight is 326 g/mol. The molecule has 0 bridgehead atoms. The molecule has 2 aromatic rings. The Labute approximate surface area is 135 Å². The topological polar surface area (TPSA) is 29.3 Å². The molecule has 2 heterocycles. The Hall–Kier alpha value is -0.930. The molecule has 0 aliphatic heterocycles. The summed E-state index contributed by atoms with van der Waals surface area (Å²) >= 11 is 12.5. The van der Waals surface area contributed by atoms with Gasteiger partial charge < -0.3 is 5.32 Å². The molecule has 21 heavy (non-hydrogen) atoms. The van der Waals surface area contributed by atoms with Crippen LogP contribution in [0.2, 0.25) is 10.0 Å². The predicted molar refractivity (Wildman–Crippen MR) is 89.7 cm³/mol. The minimum atomic E-state index is 0.534. The normalized spacial score (nSPS) is 16.5. The Kier molecular flexibility index (Phi) is 4.60. The highest BCUT2D eigenvalue weighted by atomic mass is 35.5. The van der Waals surface area contributed by atoms with E-state index in [1.54, 1.807) is 6.07 Å². The highest BCUT2D eigenvalue weighted by Gasteiger charge is 2.19. The quantitative estimate of drug-likeness (QED) is 0.822. The zero-order chi connectivity index (χ0) is 14.8. The van der Waals surface area contributed by atoms with Gasteiger partial charge in [0.25, 0.3) is 0 Å². The molecule has 0 saturated heterocycles. The molecule has 1 aliphatic carbocycles. The number of aromatic nitrogens is 2. The van der Waals surface area contributed by atoms with E-state index in [2.05, 4.69) is 12.2 Å². The molecular formula is C16H21Cl2N3. The van der Waals surface area contributed by atoms with Crippen molar-refractivity contribution in [2.75, 3.05) is 5.32 Å². The van der Waals surface area contributed by atoms with E-state index in [0.29, 0.717) is 16.1 Å². The second-order valence-electron chi connectivity index (χ2n) is 5.84. The van der Waals surface area contributed by atoms with Gasteiger partial charge in [-0.1, -0.05) is 55.8 Å². The summed E-state index contributed by atoms with van der Waals surface area (Å²) in [5.41, 5.74) is 1.88. The van der Waals surface area contributed by atoms with Gasteiger partial charge in [0, 0.05) is 12.2 Å². The molecule has 0 amide bonds. The van der Waals surface area contributed by atoms with Crippen molar-refractivity contribution in [3.05, 3.63) is 28.0 Å². The van der Waals surface area contributed by atoms with Crippen LogP contribution in [0, 0.1) is 0 Å². The third kappa shape index (κ3) is 3.14. The smallest absolute Gasteiger partial charge is 0.157 e. The summed E-state index contributed by atoms with van der Waals surface area (Å²) in [6, 6.07) is 2.29. The predicted octanol–water partition coefficient (Wildman–Crippen LogP) is 5.34. The van der Waals surface area contributed by atoms with Crippen LogP contribution >= 0.6 is 23.2 Å². The molecule has 2 aromatic heterocycles. The fourth-order valence-corrected chi connectivity index (χ4v) is 3.64. The molecule has 1 aliphatic rings. The van der Waals surface area contributed by atoms with E-state index in [4.69, 9.17) is 28.2 Å². The molecule has 114 valence electrons. The van der Waals surface area contributed by atoms with Crippen LogP contribution in [-0.2, 0) is 6.42 Å². The van der Waals surface area contributed by atoms with Crippen LogP contribution < -0.4 is 5.32 Å². The summed E-state index contributed by atoms with van der Waals surface area (Å²) in [5.74, 6) is 1.07. The number of halogens is 2. The number of aryl methyl sites for hydroxylation is 1. The highest BCUT2D eigenvalue weighted by Crippen LogP contribution is 2.30. The van der Waals surface area contributed by atoms with Crippen LogP contribution in [0.25, 0.3) is 5.65 Å². The summed E-state index contributed by atoms with van der Waals surface area (Å²) in [6.45, 7) is 2.17. The van der Waals surface area contributed by atoms with E-state index in [-0.39, 0.29) is 0 Å². The minimum absolute atomic E-state index is 0.534. The van der Waals surface area contributed by atoms with Crippen molar-refractivity contribution in [2.45, 2.75) is 57.9 Å². The third-order valence-corrected chi connectivity index (χ3v) is 4.63. The van der Waals surface area contributed by atoms with Crippen molar-refractivity contribution in [3.63, 3.8) is 0 Å². The second kappa shape index (κ2) is 6.45. The van der Waals surface area contributed by atoms with Gasteiger partial charge in [0.05, 0.1) is 15.7 Å². The molecule has 3 rings (SSSR count). The maximum absolute atomic E-state index is 6.29. The van der Waals surface area contributed by atoms with Crippen LogP contribution in [0.1, 0.15) is 51.1 Å². The molecule has 0 spiro atoms. The van der Waals surface area contributed by atoms with Crippen molar-refractivity contribution in [1.29, 1.82) is 0 Å². The molecule has 1 N–H and O–H groups in total. The molecule has 0 aromatic carbocycles. The molecule has 0 radical (unpaired) electrons. The zero-order valence-electron chi connectivity index (χ0n) is 12.3. The molecule has 1 fully saturated rings. The van der Waals surface area contributed by atoms with E-state index < -0.39 is 0 Å². The average Bonchev–Trinajstić information content (AvgIpc) is 2.79. The number of nitrogens with one attached hydrogen (secondary N) is 1. The molecule has 5 heteroatoms. The van der Waals surface area contributed by atoms with Gasteiger partial charge in [-0.05, 0) is 25.3 Å². The summed E-state index contributed by atoms with van der Waals surface area (Å²) in [7, 11) is 0. The van der Waals surface area contributed by atoms with E-state index in [9.17, 15) is 0 Å². The first kappa shape index (κ1) is 15.0. The first-order chi connectivity index (χ1) is 10.2. The number of rotatable bonds is 4. The summed E-state index contributed by atoms with van der Waals surface area (Å²) in [6.07, 6.45) is 10.3. The molecule has 3 nitrogen and oxygen atoms in total. The number of hydrogen-bond donors (Lipinski definition) is 1. The second-order valence-corrected chi connectivity index (χ2v) is 6.68. The van der Waals surface area contributed by atoms with Gasteiger partial charge in [-0.2, -0.15) is 0 Å². The summed E-state index contributed by atoms with van der Waals surface area (Å²) < 4.78 is 2.02. The Morgan fingerprint density at radius 2 is 2.05 bits per heavy atom. The van der Waals surface area contributed by atoms with Gasteiger partial charge in [-0.3, -0.25) is 4.40 Å². The van der Waals surface area contributed by atoms with E-state index in [1.807, 2.05) is 10.6 Å². The van der Waals surface area contributed by atoms with Gasteiger partial charge >= 0.3 is 0 Å². The molecule has 0 unspecified atom stereocenters. The largest absolute Gasteiger partial charge is 0.367 e. The van der Waals surface area contributed by atoms with Gasteiger partial charge in [0.15, 0.2) is 5.65 Å². The highest BCUT2D eigenvalue weighted by molar-refractivity contribution is 6.36. The maximum Gasteiger partial charge on any atom is 0.157 e. The standard InChI is InChI=1S/C16H21Cl2N3/c1-2-6-14-16(19-12-7-4-3-5-8-12)21-10-11(17)9-13(18)15(21)20-14/h9-10,12,19H,2-8H2,1H3. The lowest BCUT2D eigenvalue weighted by molar-refractivity contribution is 0.461. The van der Waals surface area contributed by atoms with Crippen molar-refractivity contribution in [1.82, 2.24) is 9.38 Å². The van der Waals surface area contributed by atoms with Crippen LogP contribution in [0.15, 0.2) is 12.3 Å². The number of imidazole rings is 1. The van der Waals surface area contributed by atoms with Crippen molar-refractivity contribution in [3.8, 4) is 0 Å². The van der Waals surface area contributed by atoms with Crippen LogP contribution in [-0.4, -0.2) is 15.4 Å². The van der Waals surface area contributed by atoms with Crippen molar-refractivity contribution in [2.24, 2.45) is 0 Å². The Balaban J connectivity index is 2.02. The number of pyridine rings is 1. The molecule has 1 saturated carbocycles. The number of anilines is 1. The van der Waals surface area contributed by atoms with Crippen LogP contribution in [0.4, 0.5) is 5.82 Å². The van der Waals surface area contributed by atoms with Crippen LogP contribution in [0.3, 0.4) is 0 Å². The maximum atomic E-state index is 6.29. The molecular weight excluding hydrogens is 305 g/mol. The van der Waals surface area contributed by atoms with Gasteiger partial charge in [0.2, 0.25) is 0 Å². The van der Waals surface area contributed by atoms with Crippen molar-refractivity contribution < 1.29 is 0 Å². The Morgan fingerprint density at radius 1 is 1.29 bits per heavy atom. The summed E-state index contributed by atoms with van der Waals surface area (Å²) in [5, 5.41) is 4.94. The lowest BCUT2D eigenvalue weighted by Crippen LogP contribution is -2.23. The van der Waals surface area contributed by atoms with Gasteiger partial charge in [0.1, 0.15) is 5.82 Å². The Morgan fingerprint density at radius 3 is 2.76 bits per heavy atom. The fourth-order valence-electron chi connectivity index (χ4n) is 3.12. The first-order valence-corrected chi connectivity index (χ1v) is 8.57. The Bertz CT molecular complexity index is 630. The zero-order valence-corrected chi connectivity index (χ0v) is 13.8. The van der Waals surface area contributed by atoms with E-state index in [1.165, 1.54) is 32.1 Å². The third-order valence-electron chi connectivity index (χ3n) is 4.15. The lowest BCUT2D eigenvalue weighted by Gasteiger charge is -2.24. The number of nitrogens with zero attached hydrogens (tertiary/aromatic N) is 2. The minimum Gasteiger partial charge on any atom is -0.367 e. The fraction of sp³-hybridized carbons (Fsp3) is 0.562. The van der Waals surface area contributed by atoms with E-state index >= 15 is 0 Å².